The summed E-state index contributed by atoms with van der Waals surface area (Å²) >= 11 is 0. The van der Waals surface area contributed by atoms with Gasteiger partial charge in [0.05, 0.1) is 11.4 Å². The molecule has 0 aliphatic heterocycles. The average molecular weight is 283 g/mol. The van der Waals surface area contributed by atoms with E-state index in [0.29, 0.717) is 12.5 Å². The lowest BCUT2D eigenvalue weighted by Crippen LogP contribution is -2.09. The second kappa shape index (κ2) is 5.45. The van der Waals surface area contributed by atoms with E-state index in [-0.39, 0.29) is 5.78 Å². The van der Waals surface area contributed by atoms with Crippen LogP contribution in [0.4, 0.5) is 0 Å². The summed E-state index contributed by atoms with van der Waals surface area (Å²) in [7, 11) is 0. The molecule has 4 nitrogen and oxygen atoms in total. The zero-order valence-electron chi connectivity index (χ0n) is 12.6. The van der Waals surface area contributed by atoms with Gasteiger partial charge in [-0.1, -0.05) is 19.1 Å². The van der Waals surface area contributed by atoms with Crippen molar-refractivity contribution in [3.05, 3.63) is 46.8 Å². The number of carbonyl (C=O) groups excluding carboxylic acids is 1. The molecule has 1 aliphatic rings. The summed E-state index contributed by atoms with van der Waals surface area (Å²) < 4.78 is 1.81. The maximum Gasteiger partial charge on any atom is 0.178 e. The molecule has 1 heterocycles. The Balaban J connectivity index is 2.14. The van der Waals surface area contributed by atoms with E-state index < -0.39 is 0 Å². The van der Waals surface area contributed by atoms with Crippen LogP contribution in [-0.2, 0) is 13.0 Å². The highest BCUT2D eigenvalue weighted by Crippen LogP contribution is 2.33. The molecule has 2 N–H and O–H groups in total. The minimum absolute atomic E-state index is 0.0840. The monoisotopic (exact) mass is 283 g/mol. The summed E-state index contributed by atoms with van der Waals surface area (Å²) in [6.45, 7) is 4.34. The summed E-state index contributed by atoms with van der Waals surface area (Å²) in [5, 5.41) is 4.74. The highest BCUT2D eigenvalue weighted by molar-refractivity contribution is 5.95. The van der Waals surface area contributed by atoms with E-state index in [4.69, 9.17) is 10.8 Å². The molecular weight excluding hydrogens is 262 g/mol. The maximum atomic E-state index is 12.1. The van der Waals surface area contributed by atoms with Crippen molar-refractivity contribution in [3.63, 3.8) is 0 Å². The van der Waals surface area contributed by atoms with Crippen molar-refractivity contribution in [2.75, 3.05) is 0 Å². The number of Topliss-reactive ketones (excluding diaryl/α,β-unsaturated/α-hetero) is 1. The van der Waals surface area contributed by atoms with Gasteiger partial charge in [0.15, 0.2) is 5.78 Å². The Bertz CT molecular complexity index is 670. The Kier molecular flexibility index (Phi) is 3.64. The minimum Gasteiger partial charge on any atom is -0.326 e. The van der Waals surface area contributed by atoms with Crippen LogP contribution in [-0.4, -0.2) is 15.6 Å². The number of hydrogen-bond donors (Lipinski definition) is 1. The average Bonchev–Trinajstić information content (AvgIpc) is 2.88. The van der Waals surface area contributed by atoms with Gasteiger partial charge in [-0.2, -0.15) is 5.10 Å². The third-order valence-corrected chi connectivity index (χ3v) is 4.30. The summed E-state index contributed by atoms with van der Waals surface area (Å²) in [4.78, 5) is 12.1. The van der Waals surface area contributed by atoms with Crippen LogP contribution in [0.1, 0.15) is 59.9 Å². The van der Waals surface area contributed by atoms with Crippen LogP contribution in [0.2, 0.25) is 0 Å². The molecule has 3 rings (SSSR count). The fourth-order valence-corrected chi connectivity index (χ4v) is 3.15. The van der Waals surface area contributed by atoms with Crippen LogP contribution in [0.5, 0.6) is 0 Å². The van der Waals surface area contributed by atoms with E-state index in [0.717, 1.165) is 47.5 Å². The number of nitrogens with two attached hydrogens (primary N) is 1. The number of carbonyl (C=O) groups is 1. The van der Waals surface area contributed by atoms with Crippen LogP contribution in [0.3, 0.4) is 0 Å². The van der Waals surface area contributed by atoms with Gasteiger partial charge in [0.25, 0.3) is 0 Å². The molecule has 2 aromatic rings. The van der Waals surface area contributed by atoms with Crippen LogP contribution in [0.15, 0.2) is 24.3 Å². The third kappa shape index (κ3) is 2.40. The molecule has 4 heteroatoms. The van der Waals surface area contributed by atoms with Crippen molar-refractivity contribution in [2.24, 2.45) is 5.73 Å². The molecule has 0 saturated heterocycles. The van der Waals surface area contributed by atoms with Gasteiger partial charge in [-0.15, -0.1) is 0 Å². The molecule has 1 aliphatic carbocycles. The van der Waals surface area contributed by atoms with Crippen molar-refractivity contribution in [2.45, 2.75) is 45.6 Å². The Morgan fingerprint density at radius 1 is 1.38 bits per heavy atom. The van der Waals surface area contributed by atoms with Gasteiger partial charge >= 0.3 is 0 Å². The molecule has 0 saturated carbocycles. The molecule has 110 valence electrons. The first-order valence-electron chi connectivity index (χ1n) is 7.54. The Labute approximate surface area is 125 Å². The lowest BCUT2D eigenvalue weighted by atomic mass is 9.87. The van der Waals surface area contributed by atoms with Gasteiger partial charge in [-0.3, -0.25) is 4.79 Å². The minimum atomic E-state index is 0.0840. The van der Waals surface area contributed by atoms with Crippen molar-refractivity contribution >= 4 is 5.78 Å². The zero-order valence-corrected chi connectivity index (χ0v) is 12.6. The Morgan fingerprint density at radius 2 is 2.10 bits per heavy atom. The lowest BCUT2D eigenvalue weighted by Gasteiger charge is -2.16. The van der Waals surface area contributed by atoms with Crippen molar-refractivity contribution < 1.29 is 4.79 Å². The van der Waals surface area contributed by atoms with Crippen LogP contribution < -0.4 is 5.73 Å². The smallest absolute Gasteiger partial charge is 0.178 e. The highest BCUT2D eigenvalue weighted by atomic mass is 16.1. The molecule has 0 amide bonds. The first-order chi connectivity index (χ1) is 10.1. The van der Waals surface area contributed by atoms with E-state index in [9.17, 15) is 4.79 Å². The van der Waals surface area contributed by atoms with E-state index in [1.165, 1.54) is 0 Å². The Morgan fingerprint density at radius 3 is 2.71 bits per heavy atom. The summed E-state index contributed by atoms with van der Waals surface area (Å²) in [6.07, 6.45) is 3.23. The number of hydrogen-bond acceptors (Lipinski definition) is 3. The number of nitrogens with zero attached hydrogens (tertiary/aromatic N) is 2. The molecule has 0 bridgehead atoms. The zero-order chi connectivity index (χ0) is 15.0. The van der Waals surface area contributed by atoms with Crippen LogP contribution in [0, 0.1) is 0 Å². The number of aromatic nitrogens is 2. The molecule has 0 spiro atoms. The largest absolute Gasteiger partial charge is 0.326 e. The molecule has 1 aromatic heterocycles. The highest BCUT2D eigenvalue weighted by Gasteiger charge is 2.27. The number of fused-ring (bicyclic) bond motifs is 1. The van der Waals surface area contributed by atoms with E-state index in [1.807, 2.05) is 28.9 Å². The fraction of sp³-hybridized carbons (Fsp3) is 0.412. The van der Waals surface area contributed by atoms with E-state index in [1.54, 1.807) is 6.92 Å². The van der Waals surface area contributed by atoms with Gasteiger partial charge in [-0.05, 0) is 37.0 Å². The van der Waals surface area contributed by atoms with Gasteiger partial charge in [0.1, 0.15) is 5.69 Å². The summed E-state index contributed by atoms with van der Waals surface area (Å²) in [5.74, 6) is 0.511. The molecule has 0 fully saturated rings. The molecule has 0 radical (unpaired) electrons. The van der Waals surface area contributed by atoms with Gasteiger partial charge in [0, 0.05) is 24.9 Å². The van der Waals surface area contributed by atoms with Crippen LogP contribution in [0.25, 0.3) is 5.69 Å². The summed E-state index contributed by atoms with van der Waals surface area (Å²) in [6, 6.07) is 7.95. The number of benzene rings is 1. The summed E-state index contributed by atoms with van der Waals surface area (Å²) in [5.41, 5.74) is 10.6. The SMILES string of the molecule is CC(=O)c1c2c(nn1-c1ccc(CN)cc1)C(C)CCC2. The van der Waals surface area contributed by atoms with Crippen molar-refractivity contribution in [1.29, 1.82) is 0 Å². The topological polar surface area (TPSA) is 60.9 Å². The van der Waals surface area contributed by atoms with Crippen molar-refractivity contribution in [1.82, 2.24) is 9.78 Å². The van der Waals surface area contributed by atoms with Gasteiger partial charge in [-0.25, -0.2) is 4.68 Å². The number of ketones is 1. The fourth-order valence-electron chi connectivity index (χ4n) is 3.15. The van der Waals surface area contributed by atoms with Crippen LogP contribution >= 0.6 is 0 Å². The molecule has 1 aromatic carbocycles. The first-order valence-corrected chi connectivity index (χ1v) is 7.54. The van der Waals surface area contributed by atoms with Gasteiger partial charge < -0.3 is 5.73 Å². The van der Waals surface area contributed by atoms with E-state index >= 15 is 0 Å². The normalized spacial score (nSPS) is 17.6. The predicted molar refractivity (Wildman–Crippen MR) is 82.8 cm³/mol. The predicted octanol–water partition coefficient (Wildman–Crippen LogP) is 2.97. The van der Waals surface area contributed by atoms with E-state index in [2.05, 4.69) is 6.92 Å². The molecule has 1 atom stereocenters. The maximum absolute atomic E-state index is 12.1. The quantitative estimate of drug-likeness (QED) is 0.881. The molecule has 21 heavy (non-hydrogen) atoms. The standard InChI is InChI=1S/C17H21N3O/c1-11-4-3-5-15-16(11)19-20(17(15)12(2)21)14-8-6-13(10-18)7-9-14/h6-9,11H,3-5,10,18H2,1-2H3. The third-order valence-electron chi connectivity index (χ3n) is 4.30. The second-order valence-electron chi connectivity index (χ2n) is 5.84. The Hall–Kier alpha value is -1.94. The van der Waals surface area contributed by atoms with Crippen molar-refractivity contribution in [3.8, 4) is 5.69 Å². The molecular formula is C17H21N3O. The number of rotatable bonds is 3. The first kappa shape index (κ1) is 14.0. The van der Waals surface area contributed by atoms with Gasteiger partial charge in [0.2, 0.25) is 0 Å². The lowest BCUT2D eigenvalue weighted by molar-refractivity contribution is 0.100. The molecule has 1 unspecified atom stereocenters. The second-order valence-corrected chi connectivity index (χ2v) is 5.84.